The van der Waals surface area contributed by atoms with Gasteiger partial charge in [-0.15, -0.1) is 0 Å². The van der Waals surface area contributed by atoms with E-state index >= 15 is 0 Å². The zero-order valence-electron chi connectivity index (χ0n) is 7.64. The molecule has 0 bridgehead atoms. The van der Waals surface area contributed by atoms with Gasteiger partial charge in [0.05, 0.1) is 22.9 Å². The summed E-state index contributed by atoms with van der Waals surface area (Å²) in [5.74, 6) is 0.0532. The van der Waals surface area contributed by atoms with Crippen LogP contribution >= 0.6 is 22.9 Å². The van der Waals surface area contributed by atoms with Crippen molar-refractivity contribution < 1.29 is 4.79 Å². The van der Waals surface area contributed by atoms with Crippen LogP contribution in [0.2, 0.25) is 0 Å². The van der Waals surface area contributed by atoms with E-state index in [0.717, 1.165) is 36.2 Å². The highest BCUT2D eigenvalue weighted by atomic mass is 127. The summed E-state index contributed by atoms with van der Waals surface area (Å²) in [7, 11) is 0. The molecule has 1 aliphatic heterocycles. The van der Waals surface area contributed by atoms with Gasteiger partial charge in [-0.3, -0.25) is 4.79 Å². The third-order valence-corrected chi connectivity index (χ3v) is 2.99. The quantitative estimate of drug-likeness (QED) is 0.616. The molecule has 1 aromatic rings. The number of benzene rings is 1. The van der Waals surface area contributed by atoms with E-state index in [1.807, 2.05) is 18.2 Å². The van der Waals surface area contributed by atoms with Crippen LogP contribution in [-0.4, -0.2) is 12.5 Å². The van der Waals surface area contributed by atoms with Crippen LogP contribution in [0.3, 0.4) is 0 Å². The molecule has 3 nitrogen and oxygen atoms in total. The fourth-order valence-corrected chi connectivity index (χ4v) is 1.99. The molecule has 0 unspecified atom stereocenters. The Labute approximate surface area is 96.8 Å². The highest BCUT2D eigenvalue weighted by Gasteiger charge is 2.14. The number of fused-ring (bicyclic) bond motifs is 1. The normalized spacial score (nSPS) is 15.4. The van der Waals surface area contributed by atoms with Crippen LogP contribution in [0, 0.1) is 0 Å². The minimum absolute atomic E-state index is 0.0532. The van der Waals surface area contributed by atoms with Gasteiger partial charge in [0.1, 0.15) is 0 Å². The van der Waals surface area contributed by atoms with E-state index in [9.17, 15) is 4.79 Å². The van der Waals surface area contributed by atoms with Crippen molar-refractivity contribution in [2.24, 2.45) is 0 Å². The van der Waals surface area contributed by atoms with Crippen molar-refractivity contribution in [3.63, 3.8) is 0 Å². The first-order valence-electron chi connectivity index (χ1n) is 4.59. The highest BCUT2D eigenvalue weighted by Crippen LogP contribution is 2.20. The minimum Gasteiger partial charge on any atom is -0.352 e. The monoisotopic (exact) mass is 302 g/mol. The van der Waals surface area contributed by atoms with Crippen LogP contribution in [0.25, 0.3) is 0 Å². The predicted octanol–water partition coefficient (Wildman–Crippen LogP) is 2.12. The Bertz CT molecular complexity index is 365. The van der Waals surface area contributed by atoms with Crippen molar-refractivity contribution in [1.82, 2.24) is 5.32 Å². The van der Waals surface area contributed by atoms with Crippen LogP contribution in [0.1, 0.15) is 22.3 Å². The van der Waals surface area contributed by atoms with Gasteiger partial charge in [0.2, 0.25) is 0 Å². The zero-order valence-corrected chi connectivity index (χ0v) is 9.80. The second kappa shape index (κ2) is 4.16. The Hall–Kier alpha value is -0.780. The SMILES string of the molecule is O=C1NCCCc2cc(NI)ccc21. The molecule has 0 fully saturated rings. The van der Waals surface area contributed by atoms with Crippen molar-refractivity contribution in [2.75, 3.05) is 10.1 Å². The van der Waals surface area contributed by atoms with Gasteiger partial charge in [-0.25, -0.2) is 0 Å². The summed E-state index contributed by atoms with van der Waals surface area (Å²) in [6.07, 6.45) is 1.99. The summed E-state index contributed by atoms with van der Waals surface area (Å²) < 4.78 is 3.05. The lowest BCUT2D eigenvalue weighted by molar-refractivity contribution is 0.0956. The number of carbonyl (C=O) groups is 1. The average molecular weight is 302 g/mol. The number of rotatable bonds is 1. The van der Waals surface area contributed by atoms with E-state index in [-0.39, 0.29) is 5.91 Å². The largest absolute Gasteiger partial charge is 0.352 e. The Kier molecular flexibility index (Phi) is 2.90. The third-order valence-electron chi connectivity index (χ3n) is 2.37. The van der Waals surface area contributed by atoms with Gasteiger partial charge in [0.25, 0.3) is 5.91 Å². The Morgan fingerprint density at radius 3 is 3.07 bits per heavy atom. The molecule has 2 N–H and O–H groups in total. The number of carbonyl (C=O) groups excluding carboxylic acids is 1. The van der Waals surface area contributed by atoms with Gasteiger partial charge < -0.3 is 8.85 Å². The van der Waals surface area contributed by atoms with Gasteiger partial charge in [-0.2, -0.15) is 0 Å². The molecule has 0 atom stereocenters. The number of hydrogen-bond donors (Lipinski definition) is 2. The van der Waals surface area contributed by atoms with Crippen LogP contribution in [-0.2, 0) is 6.42 Å². The maximum atomic E-state index is 11.6. The minimum atomic E-state index is 0.0532. The molecule has 1 amide bonds. The number of hydrogen-bond acceptors (Lipinski definition) is 2. The molecule has 1 aromatic carbocycles. The predicted molar refractivity (Wildman–Crippen MR) is 64.7 cm³/mol. The first-order chi connectivity index (χ1) is 6.81. The summed E-state index contributed by atoms with van der Waals surface area (Å²) >= 11 is 2.09. The van der Waals surface area contributed by atoms with Gasteiger partial charge in [0, 0.05) is 17.8 Å². The lowest BCUT2D eigenvalue weighted by Gasteiger charge is -2.06. The smallest absolute Gasteiger partial charge is 0.251 e. The Morgan fingerprint density at radius 1 is 1.43 bits per heavy atom. The van der Waals surface area contributed by atoms with Crippen molar-refractivity contribution in [2.45, 2.75) is 12.8 Å². The summed E-state index contributed by atoms with van der Waals surface area (Å²) in [6, 6.07) is 5.86. The number of nitrogens with one attached hydrogen (secondary N) is 2. The summed E-state index contributed by atoms with van der Waals surface area (Å²) in [5, 5.41) is 2.88. The van der Waals surface area contributed by atoms with E-state index in [1.54, 1.807) is 0 Å². The molecular weight excluding hydrogens is 291 g/mol. The third kappa shape index (κ3) is 1.84. The van der Waals surface area contributed by atoms with Gasteiger partial charge in [0.15, 0.2) is 0 Å². The molecule has 1 heterocycles. The van der Waals surface area contributed by atoms with Crippen molar-refractivity contribution >= 4 is 34.5 Å². The lowest BCUT2D eigenvalue weighted by Crippen LogP contribution is -2.22. The molecular formula is C10H11IN2O. The summed E-state index contributed by atoms with van der Waals surface area (Å²) in [4.78, 5) is 11.6. The molecule has 0 saturated heterocycles. The highest BCUT2D eigenvalue weighted by molar-refractivity contribution is 14.1. The standard InChI is InChI=1S/C10H11IN2O/c11-13-8-3-4-9-7(6-8)2-1-5-12-10(9)14/h3-4,6,13H,1-2,5H2,(H,12,14). The van der Waals surface area contributed by atoms with E-state index in [0.29, 0.717) is 0 Å². The zero-order chi connectivity index (χ0) is 9.97. The molecule has 0 spiro atoms. The van der Waals surface area contributed by atoms with Gasteiger partial charge in [-0.1, -0.05) is 0 Å². The van der Waals surface area contributed by atoms with E-state index in [2.05, 4.69) is 31.7 Å². The molecule has 0 aliphatic carbocycles. The topological polar surface area (TPSA) is 41.1 Å². The molecule has 4 heteroatoms. The van der Waals surface area contributed by atoms with Crippen LogP contribution in [0.4, 0.5) is 5.69 Å². The first kappa shape index (κ1) is 9.76. The Balaban J connectivity index is 2.43. The number of anilines is 1. The molecule has 0 radical (unpaired) electrons. The molecule has 0 saturated carbocycles. The first-order valence-corrected chi connectivity index (χ1v) is 5.67. The molecule has 1 aliphatic rings. The second-order valence-electron chi connectivity index (χ2n) is 3.33. The molecule has 14 heavy (non-hydrogen) atoms. The van der Waals surface area contributed by atoms with E-state index in [4.69, 9.17) is 0 Å². The molecule has 0 aromatic heterocycles. The van der Waals surface area contributed by atoms with E-state index in [1.165, 1.54) is 0 Å². The maximum Gasteiger partial charge on any atom is 0.251 e. The van der Waals surface area contributed by atoms with Crippen LogP contribution < -0.4 is 8.85 Å². The maximum absolute atomic E-state index is 11.6. The van der Waals surface area contributed by atoms with E-state index < -0.39 is 0 Å². The van der Waals surface area contributed by atoms with Crippen molar-refractivity contribution in [3.05, 3.63) is 29.3 Å². The number of halogens is 1. The molecule has 2 rings (SSSR count). The second-order valence-corrected chi connectivity index (χ2v) is 3.87. The Morgan fingerprint density at radius 2 is 2.29 bits per heavy atom. The van der Waals surface area contributed by atoms with Crippen LogP contribution in [0.15, 0.2) is 18.2 Å². The average Bonchev–Trinajstić information content (AvgIpc) is 2.40. The fraction of sp³-hybridized carbons (Fsp3) is 0.300. The van der Waals surface area contributed by atoms with Crippen molar-refractivity contribution in [1.29, 1.82) is 0 Å². The fourth-order valence-electron chi connectivity index (χ4n) is 1.66. The van der Waals surface area contributed by atoms with Crippen molar-refractivity contribution in [3.8, 4) is 0 Å². The summed E-state index contributed by atoms with van der Waals surface area (Å²) in [6.45, 7) is 0.778. The molecule has 74 valence electrons. The summed E-state index contributed by atoms with van der Waals surface area (Å²) in [5.41, 5.74) is 3.01. The number of amides is 1. The van der Waals surface area contributed by atoms with Gasteiger partial charge in [-0.05, 0) is 36.6 Å². The lowest BCUT2D eigenvalue weighted by atomic mass is 10.0. The number of aryl methyl sites for hydroxylation is 1. The van der Waals surface area contributed by atoms with Crippen LogP contribution in [0.5, 0.6) is 0 Å². The van der Waals surface area contributed by atoms with Gasteiger partial charge >= 0.3 is 0 Å².